The third-order valence-corrected chi connectivity index (χ3v) is 4.60. The van der Waals surface area contributed by atoms with Gasteiger partial charge in [0.2, 0.25) is 10.0 Å². The van der Waals surface area contributed by atoms with E-state index in [0.717, 1.165) is 5.75 Å². The van der Waals surface area contributed by atoms with Gasteiger partial charge in [0.25, 0.3) is 5.91 Å². The van der Waals surface area contributed by atoms with Crippen molar-refractivity contribution in [3.63, 3.8) is 0 Å². The SMILES string of the molecule is CCOc1ccc(OCCNC(=O)c2ccc(C)c(S(N)(=O)=O)c2)cc1. The zero-order valence-electron chi connectivity index (χ0n) is 14.7. The number of benzene rings is 2. The van der Waals surface area contributed by atoms with Gasteiger partial charge in [0.05, 0.1) is 18.0 Å². The van der Waals surface area contributed by atoms with Gasteiger partial charge < -0.3 is 14.8 Å². The van der Waals surface area contributed by atoms with Gasteiger partial charge in [-0.3, -0.25) is 4.79 Å². The number of carbonyl (C=O) groups excluding carboxylic acids is 1. The molecule has 0 unspecified atom stereocenters. The maximum absolute atomic E-state index is 12.1. The molecule has 140 valence electrons. The minimum Gasteiger partial charge on any atom is -0.494 e. The van der Waals surface area contributed by atoms with Gasteiger partial charge >= 0.3 is 0 Å². The van der Waals surface area contributed by atoms with E-state index in [1.54, 1.807) is 43.3 Å². The van der Waals surface area contributed by atoms with Crippen molar-refractivity contribution in [1.29, 1.82) is 0 Å². The second-order valence-corrected chi connectivity index (χ2v) is 7.06. The number of rotatable bonds is 8. The van der Waals surface area contributed by atoms with E-state index in [4.69, 9.17) is 14.6 Å². The molecule has 0 aromatic heterocycles. The lowest BCUT2D eigenvalue weighted by Gasteiger charge is -2.10. The number of hydrogen-bond acceptors (Lipinski definition) is 5. The topological polar surface area (TPSA) is 108 Å². The highest BCUT2D eigenvalue weighted by Gasteiger charge is 2.15. The first kappa shape index (κ1) is 19.7. The zero-order valence-corrected chi connectivity index (χ0v) is 15.5. The molecule has 26 heavy (non-hydrogen) atoms. The van der Waals surface area contributed by atoms with Crippen LogP contribution in [-0.2, 0) is 10.0 Å². The number of carbonyl (C=O) groups is 1. The molecule has 0 saturated heterocycles. The summed E-state index contributed by atoms with van der Waals surface area (Å²) in [5, 5.41) is 7.83. The van der Waals surface area contributed by atoms with Crippen LogP contribution in [0.15, 0.2) is 47.4 Å². The molecule has 0 aliphatic rings. The van der Waals surface area contributed by atoms with Gasteiger partial charge in [-0.2, -0.15) is 0 Å². The third kappa shape index (κ3) is 5.47. The minimum atomic E-state index is -3.87. The second-order valence-electron chi connectivity index (χ2n) is 5.53. The van der Waals surface area contributed by atoms with E-state index < -0.39 is 15.9 Å². The molecule has 0 fully saturated rings. The molecule has 0 bridgehead atoms. The fourth-order valence-electron chi connectivity index (χ4n) is 2.28. The van der Waals surface area contributed by atoms with Gasteiger partial charge in [0, 0.05) is 5.56 Å². The Labute approximate surface area is 153 Å². The van der Waals surface area contributed by atoms with E-state index in [1.165, 1.54) is 6.07 Å². The number of nitrogens with one attached hydrogen (secondary N) is 1. The lowest BCUT2D eigenvalue weighted by molar-refractivity contribution is 0.0947. The van der Waals surface area contributed by atoms with Gasteiger partial charge in [-0.15, -0.1) is 0 Å². The fraction of sp³-hybridized carbons (Fsp3) is 0.278. The smallest absolute Gasteiger partial charge is 0.251 e. The largest absolute Gasteiger partial charge is 0.494 e. The molecular weight excluding hydrogens is 356 g/mol. The van der Waals surface area contributed by atoms with Gasteiger partial charge in [0.15, 0.2) is 0 Å². The monoisotopic (exact) mass is 378 g/mol. The minimum absolute atomic E-state index is 0.0595. The number of aryl methyl sites for hydroxylation is 1. The fourth-order valence-corrected chi connectivity index (χ4v) is 3.09. The maximum Gasteiger partial charge on any atom is 0.251 e. The van der Waals surface area contributed by atoms with Crippen LogP contribution >= 0.6 is 0 Å². The normalized spacial score (nSPS) is 11.0. The molecule has 0 atom stereocenters. The van der Waals surface area contributed by atoms with E-state index >= 15 is 0 Å². The van der Waals surface area contributed by atoms with Gasteiger partial charge in [0.1, 0.15) is 18.1 Å². The Morgan fingerprint density at radius 2 is 1.69 bits per heavy atom. The molecule has 2 rings (SSSR count). The molecule has 7 nitrogen and oxygen atoms in total. The number of hydrogen-bond donors (Lipinski definition) is 2. The Kier molecular flexibility index (Phi) is 6.59. The van der Waals surface area contributed by atoms with Crippen molar-refractivity contribution in [1.82, 2.24) is 5.32 Å². The molecule has 3 N–H and O–H groups in total. The average molecular weight is 378 g/mol. The summed E-state index contributed by atoms with van der Waals surface area (Å²) in [4.78, 5) is 12.1. The van der Waals surface area contributed by atoms with Crippen molar-refractivity contribution < 1.29 is 22.7 Å². The Morgan fingerprint density at radius 1 is 1.08 bits per heavy atom. The lowest BCUT2D eigenvalue weighted by Crippen LogP contribution is -2.28. The predicted octanol–water partition coefficient (Wildman–Crippen LogP) is 1.85. The van der Waals surface area contributed by atoms with Crippen molar-refractivity contribution >= 4 is 15.9 Å². The molecular formula is C18H22N2O5S. The second kappa shape index (κ2) is 8.68. The van der Waals surface area contributed by atoms with Gasteiger partial charge in [-0.25, -0.2) is 13.6 Å². The van der Waals surface area contributed by atoms with E-state index in [2.05, 4.69) is 5.32 Å². The van der Waals surface area contributed by atoms with E-state index in [0.29, 0.717) is 17.9 Å². The first-order valence-electron chi connectivity index (χ1n) is 8.08. The highest BCUT2D eigenvalue weighted by molar-refractivity contribution is 7.89. The van der Waals surface area contributed by atoms with Crippen molar-refractivity contribution in [2.75, 3.05) is 19.8 Å². The van der Waals surface area contributed by atoms with Crippen LogP contribution in [0.25, 0.3) is 0 Å². The standard InChI is InChI=1S/C18H22N2O5S/c1-3-24-15-6-8-16(9-7-15)25-11-10-20-18(21)14-5-4-13(2)17(12-14)26(19,22)23/h4-9,12H,3,10-11H2,1-2H3,(H,20,21)(H2,19,22,23). The summed E-state index contributed by atoms with van der Waals surface area (Å²) in [5.74, 6) is 1.03. The Bertz CT molecular complexity index is 864. The Hall–Kier alpha value is -2.58. The van der Waals surface area contributed by atoms with Crippen molar-refractivity contribution in [3.8, 4) is 11.5 Å². The van der Waals surface area contributed by atoms with E-state index in [9.17, 15) is 13.2 Å². The van der Waals surface area contributed by atoms with Crippen LogP contribution in [0.2, 0.25) is 0 Å². The Morgan fingerprint density at radius 3 is 2.27 bits per heavy atom. The number of sulfonamides is 1. The lowest BCUT2D eigenvalue weighted by atomic mass is 10.1. The summed E-state index contributed by atoms with van der Waals surface area (Å²) >= 11 is 0. The number of amides is 1. The number of nitrogens with two attached hydrogens (primary N) is 1. The van der Waals surface area contributed by atoms with Crippen molar-refractivity contribution in [2.45, 2.75) is 18.7 Å². The molecule has 2 aromatic rings. The van der Waals surface area contributed by atoms with Crippen molar-refractivity contribution in [2.24, 2.45) is 5.14 Å². The molecule has 8 heteroatoms. The van der Waals surface area contributed by atoms with Crippen LogP contribution in [0.4, 0.5) is 0 Å². The van der Waals surface area contributed by atoms with Crippen molar-refractivity contribution in [3.05, 3.63) is 53.6 Å². The van der Waals surface area contributed by atoms with Gasteiger partial charge in [-0.1, -0.05) is 6.07 Å². The van der Waals surface area contributed by atoms with E-state index in [-0.39, 0.29) is 23.6 Å². The highest BCUT2D eigenvalue weighted by Crippen LogP contribution is 2.17. The molecule has 0 saturated carbocycles. The molecule has 0 aliphatic heterocycles. The van der Waals surface area contributed by atoms with Crippen LogP contribution in [-0.4, -0.2) is 34.1 Å². The Balaban J connectivity index is 1.87. The van der Waals surface area contributed by atoms with Crippen LogP contribution in [0.1, 0.15) is 22.8 Å². The molecule has 0 radical (unpaired) electrons. The van der Waals surface area contributed by atoms with Crippen LogP contribution < -0.4 is 19.9 Å². The van der Waals surface area contributed by atoms with Crippen LogP contribution in [0.5, 0.6) is 11.5 Å². The average Bonchev–Trinajstić information content (AvgIpc) is 2.59. The summed E-state index contributed by atoms with van der Waals surface area (Å²) in [5.41, 5.74) is 0.712. The summed E-state index contributed by atoms with van der Waals surface area (Å²) in [7, 11) is -3.87. The number of ether oxygens (including phenoxy) is 2. The predicted molar refractivity (Wildman–Crippen MR) is 98.0 cm³/mol. The maximum atomic E-state index is 12.1. The van der Waals surface area contributed by atoms with Gasteiger partial charge in [-0.05, 0) is 55.8 Å². The summed E-state index contributed by atoms with van der Waals surface area (Å²) in [6.45, 7) is 4.66. The molecule has 0 spiro atoms. The first-order chi connectivity index (χ1) is 12.3. The highest BCUT2D eigenvalue weighted by atomic mass is 32.2. The zero-order chi connectivity index (χ0) is 19.2. The van der Waals surface area contributed by atoms with Crippen LogP contribution in [0, 0.1) is 6.92 Å². The number of primary sulfonamides is 1. The van der Waals surface area contributed by atoms with Crippen LogP contribution in [0.3, 0.4) is 0 Å². The molecule has 2 aromatic carbocycles. The molecule has 0 aliphatic carbocycles. The molecule has 0 heterocycles. The first-order valence-corrected chi connectivity index (χ1v) is 9.63. The summed E-state index contributed by atoms with van der Waals surface area (Å²) in [6.07, 6.45) is 0. The molecule has 1 amide bonds. The summed E-state index contributed by atoms with van der Waals surface area (Å²) < 4.78 is 33.9. The quantitative estimate of drug-likeness (QED) is 0.682. The third-order valence-electron chi connectivity index (χ3n) is 3.55. The summed E-state index contributed by atoms with van der Waals surface area (Å²) in [6, 6.07) is 11.5. The van der Waals surface area contributed by atoms with E-state index in [1.807, 2.05) is 6.92 Å².